The van der Waals surface area contributed by atoms with Gasteiger partial charge in [-0.05, 0) is 41.8 Å². The average molecular weight is 293 g/mol. The van der Waals surface area contributed by atoms with Gasteiger partial charge in [0.25, 0.3) is 5.91 Å². The van der Waals surface area contributed by atoms with Crippen molar-refractivity contribution in [2.75, 3.05) is 10.6 Å². The van der Waals surface area contributed by atoms with E-state index in [1.54, 1.807) is 24.3 Å². The molecule has 1 aromatic heterocycles. The van der Waals surface area contributed by atoms with E-state index in [1.165, 1.54) is 6.92 Å². The molecule has 0 aliphatic rings. The van der Waals surface area contributed by atoms with Gasteiger partial charge in [0.15, 0.2) is 0 Å². The number of fused-ring (bicyclic) bond motifs is 1. The predicted octanol–water partition coefficient (Wildman–Crippen LogP) is 3.38. The molecular formula is C17H15N3O2. The van der Waals surface area contributed by atoms with Crippen molar-refractivity contribution < 1.29 is 9.59 Å². The van der Waals surface area contributed by atoms with Gasteiger partial charge in [0.05, 0.1) is 0 Å². The summed E-state index contributed by atoms with van der Waals surface area (Å²) in [4.78, 5) is 26.5. The fraction of sp³-hybridized carbons (Fsp3) is 0.0588. The molecule has 5 heteroatoms. The third-order valence-corrected chi connectivity index (χ3v) is 3.26. The molecule has 3 rings (SSSR count). The zero-order valence-electron chi connectivity index (χ0n) is 12.0. The summed E-state index contributed by atoms with van der Waals surface area (Å²) in [6, 6.07) is 14.5. The van der Waals surface area contributed by atoms with Crippen LogP contribution >= 0.6 is 0 Å². The van der Waals surface area contributed by atoms with Gasteiger partial charge in [-0.1, -0.05) is 12.1 Å². The Balaban J connectivity index is 1.80. The molecule has 5 nitrogen and oxygen atoms in total. The van der Waals surface area contributed by atoms with Crippen LogP contribution in [0.2, 0.25) is 0 Å². The lowest BCUT2D eigenvalue weighted by molar-refractivity contribution is -0.114. The first-order valence-corrected chi connectivity index (χ1v) is 6.88. The van der Waals surface area contributed by atoms with E-state index in [0.717, 1.165) is 10.9 Å². The number of rotatable bonds is 3. The molecule has 1 heterocycles. The molecule has 0 spiro atoms. The summed E-state index contributed by atoms with van der Waals surface area (Å²) in [6.07, 6.45) is 1.85. The lowest BCUT2D eigenvalue weighted by atomic mass is 10.1. The molecule has 0 unspecified atom stereocenters. The molecule has 2 amide bonds. The van der Waals surface area contributed by atoms with E-state index in [1.807, 2.05) is 30.5 Å². The fourth-order valence-corrected chi connectivity index (χ4v) is 2.27. The smallest absolute Gasteiger partial charge is 0.255 e. The van der Waals surface area contributed by atoms with Crippen LogP contribution in [0.5, 0.6) is 0 Å². The molecule has 22 heavy (non-hydrogen) atoms. The Kier molecular flexibility index (Phi) is 3.62. The Morgan fingerprint density at radius 2 is 1.77 bits per heavy atom. The predicted molar refractivity (Wildman–Crippen MR) is 87.0 cm³/mol. The number of hydrogen-bond donors (Lipinski definition) is 3. The van der Waals surface area contributed by atoms with E-state index in [4.69, 9.17) is 0 Å². The molecule has 0 aliphatic heterocycles. The Morgan fingerprint density at radius 1 is 0.955 bits per heavy atom. The van der Waals surface area contributed by atoms with Crippen molar-refractivity contribution in [3.63, 3.8) is 0 Å². The standard InChI is InChI=1S/C17H15N3O2/c1-11(21)19-14-4-2-3-13(9-14)17(22)20-15-6-5-12-7-8-18-16(12)10-15/h2-10,18H,1H3,(H,19,21)(H,20,22). The SMILES string of the molecule is CC(=O)Nc1cccc(C(=O)Nc2ccc3cc[nH]c3c2)c1. The minimum atomic E-state index is -0.224. The van der Waals surface area contributed by atoms with Gasteiger partial charge in [0, 0.05) is 35.6 Å². The van der Waals surface area contributed by atoms with E-state index in [0.29, 0.717) is 16.9 Å². The average Bonchev–Trinajstić information content (AvgIpc) is 2.94. The number of nitrogens with one attached hydrogen (secondary N) is 3. The van der Waals surface area contributed by atoms with Crippen molar-refractivity contribution in [1.82, 2.24) is 4.98 Å². The van der Waals surface area contributed by atoms with Crippen LogP contribution in [0.3, 0.4) is 0 Å². The highest BCUT2D eigenvalue weighted by molar-refractivity contribution is 6.06. The van der Waals surface area contributed by atoms with Gasteiger partial charge in [-0.3, -0.25) is 9.59 Å². The first-order chi connectivity index (χ1) is 10.6. The van der Waals surface area contributed by atoms with Gasteiger partial charge in [-0.25, -0.2) is 0 Å². The number of carbonyl (C=O) groups is 2. The van der Waals surface area contributed by atoms with Crippen molar-refractivity contribution in [3.05, 3.63) is 60.3 Å². The lowest BCUT2D eigenvalue weighted by Gasteiger charge is -2.07. The molecule has 0 aliphatic carbocycles. The van der Waals surface area contributed by atoms with E-state index in [2.05, 4.69) is 15.6 Å². The normalized spacial score (nSPS) is 10.4. The van der Waals surface area contributed by atoms with Crippen LogP contribution in [0.25, 0.3) is 10.9 Å². The van der Waals surface area contributed by atoms with Gasteiger partial charge in [-0.15, -0.1) is 0 Å². The maximum Gasteiger partial charge on any atom is 0.255 e. The van der Waals surface area contributed by atoms with Gasteiger partial charge < -0.3 is 15.6 Å². The van der Waals surface area contributed by atoms with Crippen LogP contribution < -0.4 is 10.6 Å². The highest BCUT2D eigenvalue weighted by Crippen LogP contribution is 2.19. The number of aromatic nitrogens is 1. The van der Waals surface area contributed by atoms with Gasteiger partial charge in [-0.2, -0.15) is 0 Å². The van der Waals surface area contributed by atoms with Gasteiger partial charge in [0.2, 0.25) is 5.91 Å². The van der Waals surface area contributed by atoms with Crippen LogP contribution in [0.1, 0.15) is 17.3 Å². The molecule has 0 bridgehead atoms. The van der Waals surface area contributed by atoms with Gasteiger partial charge in [0.1, 0.15) is 0 Å². The summed E-state index contributed by atoms with van der Waals surface area (Å²) in [7, 11) is 0. The van der Waals surface area contributed by atoms with Crippen LogP contribution in [0, 0.1) is 0 Å². The van der Waals surface area contributed by atoms with E-state index in [-0.39, 0.29) is 11.8 Å². The number of benzene rings is 2. The van der Waals surface area contributed by atoms with Crippen LogP contribution in [-0.2, 0) is 4.79 Å². The number of anilines is 2. The second-order valence-electron chi connectivity index (χ2n) is 5.00. The first-order valence-electron chi connectivity index (χ1n) is 6.88. The molecule has 3 N–H and O–H groups in total. The quantitative estimate of drug-likeness (QED) is 0.692. The van der Waals surface area contributed by atoms with Gasteiger partial charge >= 0.3 is 0 Å². The Bertz CT molecular complexity index is 852. The minimum Gasteiger partial charge on any atom is -0.361 e. The molecule has 0 radical (unpaired) electrons. The topological polar surface area (TPSA) is 74.0 Å². The number of H-pyrrole nitrogens is 1. The van der Waals surface area contributed by atoms with E-state index in [9.17, 15) is 9.59 Å². The highest BCUT2D eigenvalue weighted by Gasteiger charge is 2.08. The largest absolute Gasteiger partial charge is 0.361 e. The van der Waals surface area contributed by atoms with Crippen molar-refractivity contribution >= 4 is 34.1 Å². The molecule has 0 atom stereocenters. The van der Waals surface area contributed by atoms with Crippen molar-refractivity contribution in [2.45, 2.75) is 6.92 Å². The van der Waals surface area contributed by atoms with Crippen molar-refractivity contribution in [3.8, 4) is 0 Å². The zero-order valence-corrected chi connectivity index (χ0v) is 12.0. The number of amides is 2. The summed E-state index contributed by atoms with van der Waals surface area (Å²) >= 11 is 0. The third-order valence-electron chi connectivity index (χ3n) is 3.26. The maximum absolute atomic E-state index is 12.3. The van der Waals surface area contributed by atoms with E-state index >= 15 is 0 Å². The first kappa shape index (κ1) is 13.9. The minimum absolute atomic E-state index is 0.172. The molecule has 2 aromatic carbocycles. The Hall–Kier alpha value is -3.08. The second-order valence-corrected chi connectivity index (χ2v) is 5.00. The highest BCUT2D eigenvalue weighted by atomic mass is 16.2. The van der Waals surface area contributed by atoms with Crippen LogP contribution in [-0.4, -0.2) is 16.8 Å². The molecule has 0 fully saturated rings. The summed E-state index contributed by atoms with van der Waals surface area (Å²) < 4.78 is 0. The summed E-state index contributed by atoms with van der Waals surface area (Å²) in [6.45, 7) is 1.43. The van der Waals surface area contributed by atoms with E-state index < -0.39 is 0 Å². The molecule has 0 saturated heterocycles. The molecule has 0 saturated carbocycles. The molecule has 110 valence electrons. The fourth-order valence-electron chi connectivity index (χ4n) is 2.27. The number of aromatic amines is 1. The molecular weight excluding hydrogens is 278 g/mol. The summed E-state index contributed by atoms with van der Waals surface area (Å²) in [5, 5.41) is 6.60. The zero-order chi connectivity index (χ0) is 15.5. The number of carbonyl (C=O) groups excluding carboxylic acids is 2. The maximum atomic E-state index is 12.3. The second kappa shape index (κ2) is 5.73. The lowest BCUT2D eigenvalue weighted by Crippen LogP contribution is -2.13. The summed E-state index contributed by atoms with van der Waals surface area (Å²) in [5.41, 5.74) is 2.76. The Labute approximate surface area is 127 Å². The third kappa shape index (κ3) is 2.98. The van der Waals surface area contributed by atoms with Crippen molar-refractivity contribution in [2.24, 2.45) is 0 Å². The van der Waals surface area contributed by atoms with Crippen LogP contribution in [0.15, 0.2) is 54.7 Å². The summed E-state index contributed by atoms with van der Waals surface area (Å²) in [5.74, 6) is -0.395. The molecule has 3 aromatic rings. The van der Waals surface area contributed by atoms with Crippen LogP contribution in [0.4, 0.5) is 11.4 Å². The monoisotopic (exact) mass is 293 g/mol. The van der Waals surface area contributed by atoms with Crippen molar-refractivity contribution in [1.29, 1.82) is 0 Å². The number of hydrogen-bond acceptors (Lipinski definition) is 2. The Morgan fingerprint density at radius 3 is 2.59 bits per heavy atom.